The van der Waals surface area contributed by atoms with Gasteiger partial charge in [0, 0.05) is 11.3 Å². The molecule has 1 aromatic heterocycles. The second-order valence-electron chi connectivity index (χ2n) is 8.22. The minimum atomic E-state index is -0.958. The number of thiazole rings is 1. The number of methoxy groups -OCH3 is 1. The van der Waals surface area contributed by atoms with Crippen LogP contribution in [0.1, 0.15) is 27.0 Å². The number of Topliss-reactive ketones (excluding diaryl/α,β-unsaturated/α-hetero) is 1. The first-order valence-electron chi connectivity index (χ1n) is 11.1. The molecule has 1 amide bonds. The van der Waals surface area contributed by atoms with Crippen LogP contribution in [0.25, 0.3) is 10.6 Å². The maximum atomic E-state index is 13.9. The molecule has 0 radical (unpaired) electrons. The van der Waals surface area contributed by atoms with Crippen molar-refractivity contribution in [2.45, 2.75) is 13.0 Å². The first kappa shape index (κ1) is 23.4. The number of carbonyl (C=O) groups excluding carboxylic acids is 2. The highest BCUT2D eigenvalue weighted by Crippen LogP contribution is 2.43. The highest BCUT2D eigenvalue weighted by molar-refractivity contribution is 7.17. The Labute approximate surface area is 210 Å². The summed E-state index contributed by atoms with van der Waals surface area (Å²) >= 11 is 1.20. The third-order valence-electron chi connectivity index (χ3n) is 6.01. The number of amides is 1. The summed E-state index contributed by atoms with van der Waals surface area (Å²) in [4.78, 5) is 33.4. The fourth-order valence-corrected chi connectivity index (χ4v) is 5.27. The number of hydrogen-bond acceptors (Lipinski definition) is 6. The molecule has 1 aliphatic heterocycles. The number of anilines is 1. The predicted molar refractivity (Wildman–Crippen MR) is 136 cm³/mol. The van der Waals surface area contributed by atoms with Gasteiger partial charge >= 0.3 is 0 Å². The minimum absolute atomic E-state index is 0.0752. The highest BCUT2D eigenvalue weighted by atomic mass is 32.1. The number of rotatable bonds is 6. The van der Waals surface area contributed by atoms with Crippen LogP contribution in [-0.4, -0.2) is 28.9 Å². The second kappa shape index (κ2) is 9.39. The van der Waals surface area contributed by atoms with Gasteiger partial charge in [-0.05, 0) is 48.9 Å². The Balaban J connectivity index is 1.62. The van der Waals surface area contributed by atoms with Gasteiger partial charge in [-0.3, -0.25) is 14.5 Å². The van der Waals surface area contributed by atoms with Crippen LogP contribution in [0.4, 0.5) is 10.1 Å². The number of ketones is 1. The maximum Gasteiger partial charge on any atom is 0.294 e. The summed E-state index contributed by atoms with van der Waals surface area (Å²) in [7, 11) is 1.53. The first-order chi connectivity index (χ1) is 17.4. The summed E-state index contributed by atoms with van der Waals surface area (Å²) in [5, 5.41) is 11.6. The molecule has 1 aliphatic rings. The van der Waals surface area contributed by atoms with Gasteiger partial charge in [-0.25, -0.2) is 9.37 Å². The van der Waals surface area contributed by atoms with Crippen molar-refractivity contribution in [3.05, 3.63) is 112 Å². The number of halogens is 1. The molecule has 8 heteroatoms. The number of nitrogens with zero attached hydrogens (tertiary/aromatic N) is 2. The third-order valence-corrected chi connectivity index (χ3v) is 7.22. The smallest absolute Gasteiger partial charge is 0.294 e. The van der Waals surface area contributed by atoms with Gasteiger partial charge < -0.3 is 9.84 Å². The van der Waals surface area contributed by atoms with Crippen molar-refractivity contribution in [1.82, 2.24) is 4.98 Å². The van der Waals surface area contributed by atoms with E-state index < -0.39 is 29.3 Å². The molecule has 6 nitrogen and oxygen atoms in total. The fourth-order valence-electron chi connectivity index (χ4n) is 4.24. The van der Waals surface area contributed by atoms with Gasteiger partial charge in [0.2, 0.25) is 5.78 Å². The number of hydrogen-bond donors (Lipinski definition) is 1. The van der Waals surface area contributed by atoms with Crippen LogP contribution in [-0.2, 0) is 4.79 Å². The van der Waals surface area contributed by atoms with E-state index in [0.717, 1.165) is 5.56 Å². The zero-order valence-corrected chi connectivity index (χ0v) is 20.3. The highest BCUT2D eigenvalue weighted by Gasteiger charge is 2.45. The van der Waals surface area contributed by atoms with Crippen LogP contribution < -0.4 is 9.64 Å². The Morgan fingerprint density at radius 1 is 1.03 bits per heavy atom. The lowest BCUT2D eigenvalue weighted by Gasteiger charge is -2.27. The van der Waals surface area contributed by atoms with E-state index in [1.807, 2.05) is 30.3 Å². The van der Waals surface area contributed by atoms with Gasteiger partial charge in [0.25, 0.3) is 5.91 Å². The molecule has 36 heavy (non-hydrogen) atoms. The van der Waals surface area contributed by atoms with Crippen molar-refractivity contribution >= 4 is 28.7 Å². The average molecular weight is 501 g/mol. The summed E-state index contributed by atoms with van der Waals surface area (Å²) in [5.74, 6) is -1.72. The van der Waals surface area contributed by atoms with Crippen molar-refractivity contribution in [3.63, 3.8) is 0 Å². The van der Waals surface area contributed by atoms with Crippen LogP contribution in [0.3, 0.4) is 0 Å². The Kier molecular flexibility index (Phi) is 6.12. The lowest BCUT2D eigenvalue weighted by molar-refractivity contribution is -0.117. The molecule has 5 rings (SSSR count). The predicted octanol–water partition coefficient (Wildman–Crippen LogP) is 6.05. The molecule has 0 aliphatic carbocycles. The Bertz CT molecular complexity index is 1480. The van der Waals surface area contributed by atoms with Crippen LogP contribution in [0.15, 0.2) is 90.2 Å². The molecule has 180 valence electrons. The van der Waals surface area contributed by atoms with Gasteiger partial charge in [0.15, 0.2) is 5.76 Å². The van der Waals surface area contributed by atoms with Gasteiger partial charge in [0.05, 0.1) is 29.3 Å². The van der Waals surface area contributed by atoms with E-state index in [0.29, 0.717) is 32.6 Å². The summed E-state index contributed by atoms with van der Waals surface area (Å²) < 4.78 is 18.9. The molecule has 1 N–H and O–H groups in total. The minimum Gasteiger partial charge on any atom is -0.503 e. The molecule has 0 spiro atoms. The molecule has 3 aromatic carbocycles. The van der Waals surface area contributed by atoms with Crippen molar-refractivity contribution < 1.29 is 23.8 Å². The van der Waals surface area contributed by atoms with Gasteiger partial charge in [0.1, 0.15) is 16.6 Å². The van der Waals surface area contributed by atoms with Crippen LogP contribution in [0.2, 0.25) is 0 Å². The zero-order valence-electron chi connectivity index (χ0n) is 19.4. The molecule has 1 unspecified atom stereocenters. The third kappa shape index (κ3) is 4.05. The number of benzene rings is 3. The van der Waals surface area contributed by atoms with Crippen LogP contribution in [0, 0.1) is 12.7 Å². The number of carbonyl (C=O) groups is 2. The molecule has 2 heterocycles. The number of aromatic nitrogens is 1. The van der Waals surface area contributed by atoms with E-state index in [9.17, 15) is 19.1 Å². The quantitative estimate of drug-likeness (QED) is 0.326. The van der Waals surface area contributed by atoms with Crippen molar-refractivity contribution in [1.29, 1.82) is 0 Å². The van der Waals surface area contributed by atoms with Gasteiger partial charge in [-0.2, -0.15) is 0 Å². The Morgan fingerprint density at radius 2 is 1.69 bits per heavy atom. The second-order valence-corrected chi connectivity index (χ2v) is 9.22. The van der Waals surface area contributed by atoms with Crippen molar-refractivity contribution in [2.24, 2.45) is 0 Å². The van der Waals surface area contributed by atoms with Crippen LogP contribution >= 0.6 is 11.3 Å². The van der Waals surface area contributed by atoms with E-state index >= 15 is 0 Å². The first-order valence-corrected chi connectivity index (χ1v) is 11.9. The largest absolute Gasteiger partial charge is 0.503 e. The fraction of sp³-hybridized carbons (Fsp3) is 0.107. The Hall–Kier alpha value is -4.30. The summed E-state index contributed by atoms with van der Waals surface area (Å²) in [6.45, 7) is 1.72. The normalized spacial score (nSPS) is 15.5. The maximum absolute atomic E-state index is 13.9. The van der Waals surface area contributed by atoms with E-state index in [1.54, 1.807) is 31.2 Å². The average Bonchev–Trinajstić information content (AvgIpc) is 3.42. The summed E-state index contributed by atoms with van der Waals surface area (Å²) in [6, 6.07) is 20.7. The Morgan fingerprint density at radius 3 is 2.33 bits per heavy atom. The molecular weight excluding hydrogens is 479 g/mol. The molecule has 1 atom stereocenters. The molecule has 0 saturated heterocycles. The lowest BCUT2D eigenvalue weighted by atomic mass is 9.94. The number of aliphatic hydroxyl groups excluding tert-OH is 1. The molecule has 4 aromatic rings. The van der Waals surface area contributed by atoms with E-state index in [1.165, 1.54) is 47.6 Å². The van der Waals surface area contributed by atoms with Crippen molar-refractivity contribution in [3.8, 4) is 16.3 Å². The van der Waals surface area contributed by atoms with E-state index in [2.05, 4.69) is 4.98 Å². The van der Waals surface area contributed by atoms with Crippen molar-refractivity contribution in [2.75, 3.05) is 12.0 Å². The van der Waals surface area contributed by atoms with E-state index in [-0.39, 0.29) is 5.57 Å². The molecular formula is C28H21FN2O4S. The molecule has 0 saturated carbocycles. The number of aliphatic hydroxyl groups is 1. The lowest BCUT2D eigenvalue weighted by Crippen LogP contribution is -2.31. The molecule has 0 fully saturated rings. The number of aryl methyl sites for hydroxylation is 1. The van der Waals surface area contributed by atoms with Crippen LogP contribution in [0.5, 0.6) is 5.75 Å². The standard InChI is InChI=1S/C28H21FN2O4S/c1-16-26(36-27(30-16)18-6-4-3-5-7-18)24(32)22-23(17-8-10-19(29)11-9-17)31(28(34)25(22)33)20-12-14-21(35-2)15-13-20/h3-15,23,33H,1-2H3. The SMILES string of the molecule is COc1ccc(N2C(=O)C(O)=C(C(=O)c3sc(-c4ccccc4)nc3C)C2c2ccc(F)cc2)cc1. The van der Waals surface area contributed by atoms with Gasteiger partial charge in [-0.15, -0.1) is 11.3 Å². The summed E-state index contributed by atoms with van der Waals surface area (Å²) in [6.07, 6.45) is 0. The van der Waals surface area contributed by atoms with E-state index in [4.69, 9.17) is 4.74 Å². The zero-order chi connectivity index (χ0) is 25.4. The van der Waals surface area contributed by atoms with Gasteiger partial charge in [-0.1, -0.05) is 42.5 Å². The summed E-state index contributed by atoms with van der Waals surface area (Å²) in [5.41, 5.74) is 2.22. The monoisotopic (exact) mass is 500 g/mol. The molecule has 0 bridgehead atoms. The topological polar surface area (TPSA) is 79.7 Å². The number of ether oxygens (including phenoxy) is 1.